The molecular weight excluding hydrogens is 529 g/mol. The Morgan fingerprint density at radius 2 is 1.90 bits per heavy atom. The molecular formula is C31H26FN3O4S. The third kappa shape index (κ3) is 4.52. The van der Waals surface area contributed by atoms with E-state index in [-0.39, 0.29) is 23.6 Å². The van der Waals surface area contributed by atoms with E-state index in [1.165, 1.54) is 28.0 Å². The fourth-order valence-electron chi connectivity index (χ4n) is 5.11. The van der Waals surface area contributed by atoms with Crippen LogP contribution in [0.1, 0.15) is 42.5 Å². The average Bonchev–Trinajstić information content (AvgIpc) is 3.61. The van der Waals surface area contributed by atoms with Gasteiger partial charge in [0.05, 0.1) is 22.4 Å². The average molecular weight is 556 g/mol. The molecule has 0 spiro atoms. The Labute approximate surface area is 232 Å². The molecule has 0 unspecified atom stereocenters. The van der Waals surface area contributed by atoms with Gasteiger partial charge in [0.15, 0.2) is 4.80 Å². The number of furan rings is 1. The first-order valence-corrected chi connectivity index (χ1v) is 13.7. The molecule has 1 aliphatic rings. The lowest BCUT2D eigenvalue weighted by Gasteiger charge is -2.22. The fraction of sp³-hybridized carbons (Fsp3) is 0.194. The number of halogens is 1. The van der Waals surface area contributed by atoms with E-state index in [4.69, 9.17) is 9.15 Å². The molecule has 0 saturated carbocycles. The Morgan fingerprint density at radius 1 is 1.12 bits per heavy atom. The first-order chi connectivity index (χ1) is 19.3. The van der Waals surface area contributed by atoms with Gasteiger partial charge >= 0.3 is 5.97 Å². The second-order valence-electron chi connectivity index (χ2n) is 9.61. The highest BCUT2D eigenvalue weighted by Gasteiger charge is 2.35. The number of thiazole rings is 1. The van der Waals surface area contributed by atoms with E-state index in [9.17, 15) is 14.0 Å². The first kappa shape index (κ1) is 25.8. The molecule has 3 aromatic heterocycles. The minimum absolute atomic E-state index is 0.200. The molecule has 5 aromatic rings. The van der Waals surface area contributed by atoms with Crippen molar-refractivity contribution in [3.63, 3.8) is 0 Å². The second kappa shape index (κ2) is 10.2. The number of para-hydroxylation sites is 1. The predicted octanol–water partition coefficient (Wildman–Crippen LogP) is 4.84. The van der Waals surface area contributed by atoms with E-state index in [1.54, 1.807) is 38.1 Å². The van der Waals surface area contributed by atoms with E-state index < -0.39 is 12.0 Å². The number of aromatic nitrogens is 2. The van der Waals surface area contributed by atoms with Crippen LogP contribution in [0.3, 0.4) is 0 Å². The Balaban J connectivity index is 1.50. The monoisotopic (exact) mass is 555 g/mol. The first-order valence-electron chi connectivity index (χ1n) is 12.9. The molecule has 0 amide bonds. The van der Waals surface area contributed by atoms with Crippen LogP contribution in [-0.4, -0.2) is 21.7 Å². The SMILES string of the molecule is CCOC(=O)C1=C(C)N=c2s/c(=C/c3cn(Cc4ccc(F)cc4)c4ccccc34)c(=O)n2[C@@H]1c1ccc(C)o1. The summed E-state index contributed by atoms with van der Waals surface area (Å²) in [6.45, 7) is 6.05. The van der Waals surface area contributed by atoms with Gasteiger partial charge in [0, 0.05) is 29.2 Å². The van der Waals surface area contributed by atoms with Crippen molar-refractivity contribution in [3.05, 3.63) is 126 Å². The molecule has 0 N–H and O–H groups in total. The quantitative estimate of drug-likeness (QED) is 0.281. The highest BCUT2D eigenvalue weighted by atomic mass is 32.1. The lowest BCUT2D eigenvalue weighted by Crippen LogP contribution is -2.39. The number of ether oxygens (including phenoxy) is 1. The van der Waals surface area contributed by atoms with Crippen LogP contribution < -0.4 is 14.9 Å². The van der Waals surface area contributed by atoms with E-state index >= 15 is 0 Å². The van der Waals surface area contributed by atoms with Crippen LogP contribution in [-0.2, 0) is 16.1 Å². The Kier molecular flexibility index (Phi) is 6.59. The minimum Gasteiger partial charge on any atom is -0.464 e. The number of aryl methyl sites for hydroxylation is 1. The van der Waals surface area contributed by atoms with Crippen molar-refractivity contribution in [2.75, 3.05) is 6.61 Å². The van der Waals surface area contributed by atoms with Crippen molar-refractivity contribution in [2.45, 2.75) is 33.4 Å². The molecule has 0 saturated heterocycles. The molecule has 1 atom stereocenters. The number of carbonyl (C=O) groups excluding carboxylic acids is 1. The van der Waals surface area contributed by atoms with Crippen molar-refractivity contribution in [2.24, 2.45) is 4.99 Å². The van der Waals surface area contributed by atoms with E-state index in [2.05, 4.69) is 9.56 Å². The number of nitrogens with zero attached hydrogens (tertiary/aromatic N) is 3. The Bertz CT molecular complexity index is 1970. The van der Waals surface area contributed by atoms with Crippen LogP contribution in [0.4, 0.5) is 4.39 Å². The lowest BCUT2D eigenvalue weighted by molar-refractivity contribution is -0.139. The number of rotatable bonds is 6. The molecule has 40 heavy (non-hydrogen) atoms. The smallest absolute Gasteiger partial charge is 0.338 e. The predicted molar refractivity (Wildman–Crippen MR) is 151 cm³/mol. The van der Waals surface area contributed by atoms with Crippen molar-refractivity contribution >= 4 is 34.3 Å². The summed E-state index contributed by atoms with van der Waals surface area (Å²) in [4.78, 5) is 32.1. The maximum absolute atomic E-state index is 13.9. The summed E-state index contributed by atoms with van der Waals surface area (Å²) in [5.41, 5.74) is 3.33. The summed E-state index contributed by atoms with van der Waals surface area (Å²) in [6, 6.07) is 17.2. The molecule has 1 aliphatic heterocycles. The van der Waals surface area contributed by atoms with Gasteiger partial charge in [-0.1, -0.05) is 41.7 Å². The molecule has 0 bridgehead atoms. The van der Waals surface area contributed by atoms with Crippen molar-refractivity contribution in [1.29, 1.82) is 0 Å². The third-order valence-corrected chi connectivity index (χ3v) is 7.90. The maximum Gasteiger partial charge on any atom is 0.338 e. The fourth-order valence-corrected chi connectivity index (χ4v) is 6.15. The van der Waals surface area contributed by atoms with Gasteiger partial charge in [-0.25, -0.2) is 14.2 Å². The molecule has 6 rings (SSSR count). The molecule has 202 valence electrons. The van der Waals surface area contributed by atoms with E-state index in [1.807, 2.05) is 43.5 Å². The molecule has 9 heteroatoms. The van der Waals surface area contributed by atoms with E-state index in [0.717, 1.165) is 22.0 Å². The number of benzene rings is 2. The van der Waals surface area contributed by atoms with E-state index in [0.29, 0.717) is 33.1 Å². The zero-order valence-corrected chi connectivity index (χ0v) is 23.0. The number of hydrogen-bond acceptors (Lipinski definition) is 6. The van der Waals surface area contributed by atoms with Crippen molar-refractivity contribution in [3.8, 4) is 0 Å². The molecule has 4 heterocycles. The zero-order chi connectivity index (χ0) is 28.0. The molecule has 2 aromatic carbocycles. The van der Waals surface area contributed by atoms with Crippen LogP contribution in [0.5, 0.6) is 0 Å². The normalized spacial score (nSPS) is 15.4. The van der Waals surface area contributed by atoms with Crippen LogP contribution in [0, 0.1) is 12.7 Å². The number of fused-ring (bicyclic) bond motifs is 2. The van der Waals surface area contributed by atoms with Crippen LogP contribution in [0.25, 0.3) is 17.0 Å². The summed E-state index contributed by atoms with van der Waals surface area (Å²) in [5.74, 6) is 0.338. The zero-order valence-electron chi connectivity index (χ0n) is 22.2. The Hall–Kier alpha value is -4.50. The van der Waals surface area contributed by atoms with Crippen molar-refractivity contribution < 1.29 is 18.3 Å². The maximum atomic E-state index is 13.9. The summed E-state index contributed by atoms with van der Waals surface area (Å²) in [7, 11) is 0. The molecule has 0 fully saturated rings. The van der Waals surface area contributed by atoms with Crippen LogP contribution >= 0.6 is 11.3 Å². The molecule has 0 aliphatic carbocycles. The summed E-state index contributed by atoms with van der Waals surface area (Å²) < 4.78 is 28.8. The van der Waals surface area contributed by atoms with Gasteiger partial charge in [-0.3, -0.25) is 9.36 Å². The van der Waals surface area contributed by atoms with Gasteiger partial charge in [-0.05, 0) is 62.7 Å². The number of carbonyl (C=O) groups is 1. The largest absolute Gasteiger partial charge is 0.464 e. The topological polar surface area (TPSA) is 78.7 Å². The standard InChI is InChI=1S/C31H26FN3O4S/c1-4-38-30(37)27-19(3)33-31-35(28(27)25-14-9-18(2)39-25)29(36)26(40-31)15-21-17-34(24-8-6-5-7-23(21)24)16-20-10-12-22(32)13-11-20/h5-15,17,28H,4,16H2,1-3H3/b26-15+/t28-/m1/s1. The number of allylic oxidation sites excluding steroid dienone is 1. The number of hydrogen-bond donors (Lipinski definition) is 0. The second-order valence-corrected chi connectivity index (χ2v) is 10.6. The van der Waals surface area contributed by atoms with Crippen molar-refractivity contribution in [1.82, 2.24) is 9.13 Å². The van der Waals surface area contributed by atoms with Crippen LogP contribution in [0.15, 0.2) is 92.3 Å². The Morgan fingerprint density at radius 3 is 2.62 bits per heavy atom. The van der Waals surface area contributed by atoms with Gasteiger partial charge in [0.1, 0.15) is 23.4 Å². The molecule has 7 nitrogen and oxygen atoms in total. The summed E-state index contributed by atoms with van der Waals surface area (Å²) in [5, 5.41) is 0.983. The van der Waals surface area contributed by atoms with Gasteiger partial charge in [0.25, 0.3) is 5.56 Å². The highest BCUT2D eigenvalue weighted by Crippen LogP contribution is 2.32. The summed E-state index contributed by atoms with van der Waals surface area (Å²) >= 11 is 1.27. The third-order valence-electron chi connectivity index (χ3n) is 6.92. The molecule has 0 radical (unpaired) electrons. The van der Waals surface area contributed by atoms with Gasteiger partial charge < -0.3 is 13.7 Å². The van der Waals surface area contributed by atoms with Crippen LogP contribution in [0.2, 0.25) is 0 Å². The van der Waals surface area contributed by atoms with Gasteiger partial charge in [0.2, 0.25) is 0 Å². The van der Waals surface area contributed by atoms with Gasteiger partial charge in [-0.2, -0.15) is 0 Å². The number of esters is 1. The lowest BCUT2D eigenvalue weighted by atomic mass is 10.0. The summed E-state index contributed by atoms with van der Waals surface area (Å²) in [6.07, 6.45) is 3.86. The highest BCUT2D eigenvalue weighted by molar-refractivity contribution is 7.07. The minimum atomic E-state index is -0.786. The van der Waals surface area contributed by atoms with Gasteiger partial charge in [-0.15, -0.1) is 0 Å².